The van der Waals surface area contributed by atoms with E-state index in [-0.39, 0.29) is 29.5 Å². The number of aliphatic hydroxyl groups excluding tert-OH is 1. The van der Waals surface area contributed by atoms with Gasteiger partial charge in [-0.3, -0.25) is 0 Å². The number of carboxylic acids is 1. The average Bonchev–Trinajstić information content (AvgIpc) is 2.36. The van der Waals surface area contributed by atoms with Gasteiger partial charge in [0.15, 0.2) is 0 Å². The van der Waals surface area contributed by atoms with E-state index in [0.29, 0.717) is 0 Å². The van der Waals surface area contributed by atoms with Crippen LogP contribution in [-0.2, 0) is 10.0 Å². The highest BCUT2D eigenvalue weighted by molar-refractivity contribution is 7.89. The standard InChI is InChI=1S/C11H15NO5S/c1-8(7-13)6-12-18(16,17)10-4-2-3-9(5-10)11(14)15/h2-5,8,12-13H,6-7H2,1H3,(H,14,15). The Bertz CT molecular complexity index is 526. The largest absolute Gasteiger partial charge is 0.478 e. The number of aromatic carboxylic acids is 1. The van der Waals surface area contributed by atoms with Crippen molar-refractivity contribution in [2.24, 2.45) is 5.92 Å². The van der Waals surface area contributed by atoms with Crippen molar-refractivity contribution in [2.45, 2.75) is 11.8 Å². The van der Waals surface area contributed by atoms with E-state index in [4.69, 9.17) is 10.2 Å². The number of nitrogens with one attached hydrogen (secondary N) is 1. The first-order chi connectivity index (χ1) is 8.36. The Morgan fingerprint density at radius 3 is 2.67 bits per heavy atom. The molecule has 1 atom stereocenters. The number of carboxylic acid groups (broad SMARTS) is 1. The first-order valence-corrected chi connectivity index (χ1v) is 6.79. The molecule has 3 N–H and O–H groups in total. The number of hydrogen-bond acceptors (Lipinski definition) is 4. The third-order valence-corrected chi connectivity index (χ3v) is 3.75. The maximum Gasteiger partial charge on any atom is 0.335 e. The molecule has 0 saturated heterocycles. The van der Waals surface area contributed by atoms with Crippen LogP contribution in [0, 0.1) is 5.92 Å². The van der Waals surface area contributed by atoms with Crippen LogP contribution in [0.1, 0.15) is 17.3 Å². The lowest BCUT2D eigenvalue weighted by Crippen LogP contribution is -2.29. The van der Waals surface area contributed by atoms with Crippen molar-refractivity contribution >= 4 is 16.0 Å². The van der Waals surface area contributed by atoms with Crippen LogP contribution in [0.3, 0.4) is 0 Å². The maximum atomic E-state index is 11.8. The molecule has 0 spiro atoms. The molecular weight excluding hydrogens is 258 g/mol. The Balaban J connectivity index is 2.91. The van der Waals surface area contributed by atoms with E-state index in [2.05, 4.69) is 4.72 Å². The van der Waals surface area contributed by atoms with Gasteiger partial charge in [0.25, 0.3) is 0 Å². The van der Waals surface area contributed by atoms with Crippen LogP contribution in [0.2, 0.25) is 0 Å². The predicted octanol–water partition coefficient (Wildman–Crippen LogP) is 0.291. The van der Waals surface area contributed by atoms with E-state index in [1.807, 2.05) is 0 Å². The average molecular weight is 273 g/mol. The molecule has 0 heterocycles. The molecule has 0 aliphatic rings. The molecular formula is C11H15NO5S. The maximum absolute atomic E-state index is 11.8. The van der Waals surface area contributed by atoms with Crippen LogP contribution in [0.5, 0.6) is 0 Å². The number of hydrogen-bond donors (Lipinski definition) is 3. The van der Waals surface area contributed by atoms with Gasteiger partial charge in [0.1, 0.15) is 0 Å². The molecule has 18 heavy (non-hydrogen) atoms. The fourth-order valence-corrected chi connectivity index (χ4v) is 2.41. The minimum Gasteiger partial charge on any atom is -0.478 e. The SMILES string of the molecule is CC(CO)CNS(=O)(=O)c1cccc(C(=O)O)c1. The Morgan fingerprint density at radius 1 is 1.44 bits per heavy atom. The van der Waals surface area contributed by atoms with Crippen LogP contribution in [-0.4, -0.2) is 37.8 Å². The highest BCUT2D eigenvalue weighted by Gasteiger charge is 2.16. The van der Waals surface area contributed by atoms with Gasteiger partial charge in [0.2, 0.25) is 10.0 Å². The Labute approximate surface area is 105 Å². The first kappa shape index (κ1) is 14.6. The second-order valence-electron chi connectivity index (χ2n) is 3.97. The predicted molar refractivity (Wildman–Crippen MR) is 64.8 cm³/mol. The van der Waals surface area contributed by atoms with Crippen LogP contribution >= 0.6 is 0 Å². The van der Waals surface area contributed by atoms with Gasteiger partial charge in [0.05, 0.1) is 10.5 Å². The zero-order chi connectivity index (χ0) is 13.8. The fourth-order valence-electron chi connectivity index (χ4n) is 1.20. The summed E-state index contributed by atoms with van der Waals surface area (Å²) in [5.41, 5.74) is -0.0897. The first-order valence-electron chi connectivity index (χ1n) is 5.30. The van der Waals surface area contributed by atoms with Crippen LogP contribution in [0.25, 0.3) is 0 Å². The lowest BCUT2D eigenvalue weighted by atomic mass is 10.2. The monoisotopic (exact) mass is 273 g/mol. The van der Waals surface area contributed by atoms with Gasteiger partial charge in [-0.15, -0.1) is 0 Å². The number of carbonyl (C=O) groups is 1. The molecule has 1 unspecified atom stereocenters. The van der Waals surface area contributed by atoms with Crippen molar-refractivity contribution in [3.05, 3.63) is 29.8 Å². The summed E-state index contributed by atoms with van der Waals surface area (Å²) in [5, 5.41) is 17.6. The van der Waals surface area contributed by atoms with E-state index < -0.39 is 16.0 Å². The van der Waals surface area contributed by atoms with Crippen LogP contribution in [0.15, 0.2) is 29.2 Å². The summed E-state index contributed by atoms with van der Waals surface area (Å²) in [4.78, 5) is 10.6. The van der Waals surface area contributed by atoms with Gasteiger partial charge in [-0.1, -0.05) is 13.0 Å². The molecule has 0 radical (unpaired) electrons. The van der Waals surface area contributed by atoms with Crippen LogP contribution in [0.4, 0.5) is 0 Å². The summed E-state index contributed by atoms with van der Waals surface area (Å²) in [7, 11) is -3.75. The zero-order valence-electron chi connectivity index (χ0n) is 9.83. The molecule has 1 rings (SSSR count). The molecule has 0 amide bonds. The van der Waals surface area contributed by atoms with E-state index in [1.165, 1.54) is 18.2 Å². The summed E-state index contributed by atoms with van der Waals surface area (Å²) in [5.74, 6) is -1.39. The third kappa shape index (κ3) is 3.80. The molecule has 100 valence electrons. The molecule has 0 aromatic heterocycles. The van der Waals surface area contributed by atoms with Crippen molar-refractivity contribution in [1.82, 2.24) is 4.72 Å². The van der Waals surface area contributed by atoms with Gasteiger partial charge in [-0.25, -0.2) is 17.9 Å². The second-order valence-corrected chi connectivity index (χ2v) is 5.74. The lowest BCUT2D eigenvalue weighted by Gasteiger charge is -2.10. The van der Waals surface area contributed by atoms with Crippen molar-refractivity contribution in [3.8, 4) is 0 Å². The molecule has 1 aromatic rings. The van der Waals surface area contributed by atoms with Crippen molar-refractivity contribution in [3.63, 3.8) is 0 Å². The molecule has 1 aromatic carbocycles. The van der Waals surface area contributed by atoms with Gasteiger partial charge in [0, 0.05) is 13.2 Å². The molecule has 6 nitrogen and oxygen atoms in total. The number of benzene rings is 1. The minimum absolute atomic E-state index is 0.0897. The van der Waals surface area contributed by atoms with E-state index in [0.717, 1.165) is 6.07 Å². The van der Waals surface area contributed by atoms with Gasteiger partial charge in [-0.2, -0.15) is 0 Å². The quantitative estimate of drug-likeness (QED) is 0.691. The number of rotatable bonds is 6. The Morgan fingerprint density at radius 2 is 2.11 bits per heavy atom. The second kappa shape index (κ2) is 5.94. The third-order valence-electron chi connectivity index (χ3n) is 2.32. The smallest absolute Gasteiger partial charge is 0.335 e. The highest BCUT2D eigenvalue weighted by Crippen LogP contribution is 2.11. The van der Waals surface area contributed by atoms with Gasteiger partial charge in [-0.05, 0) is 24.1 Å². The topological polar surface area (TPSA) is 104 Å². The van der Waals surface area contributed by atoms with Crippen LogP contribution < -0.4 is 4.72 Å². The zero-order valence-corrected chi connectivity index (χ0v) is 10.6. The molecule has 0 aliphatic carbocycles. The minimum atomic E-state index is -3.75. The summed E-state index contributed by atoms with van der Waals surface area (Å²) in [6.45, 7) is 1.66. The van der Waals surface area contributed by atoms with E-state index in [1.54, 1.807) is 6.92 Å². The molecule has 7 heteroatoms. The van der Waals surface area contributed by atoms with Crippen molar-refractivity contribution in [1.29, 1.82) is 0 Å². The summed E-state index contributed by atoms with van der Waals surface area (Å²) >= 11 is 0. The fraction of sp³-hybridized carbons (Fsp3) is 0.364. The lowest BCUT2D eigenvalue weighted by molar-refractivity contribution is 0.0696. The molecule has 0 aliphatic heterocycles. The molecule has 0 fully saturated rings. The Hall–Kier alpha value is -1.44. The number of sulfonamides is 1. The van der Waals surface area contributed by atoms with E-state index in [9.17, 15) is 13.2 Å². The molecule has 0 saturated carbocycles. The summed E-state index contributed by atoms with van der Waals surface area (Å²) in [6.07, 6.45) is 0. The summed E-state index contributed by atoms with van der Waals surface area (Å²) in [6, 6.07) is 5.10. The van der Waals surface area contributed by atoms with E-state index >= 15 is 0 Å². The number of aliphatic hydroxyl groups is 1. The van der Waals surface area contributed by atoms with Crippen molar-refractivity contribution in [2.75, 3.05) is 13.2 Å². The van der Waals surface area contributed by atoms with Gasteiger partial charge < -0.3 is 10.2 Å². The van der Waals surface area contributed by atoms with Gasteiger partial charge >= 0.3 is 5.97 Å². The molecule has 0 bridgehead atoms. The highest BCUT2D eigenvalue weighted by atomic mass is 32.2. The van der Waals surface area contributed by atoms with Crippen molar-refractivity contribution < 1.29 is 23.4 Å². The normalized spacial score (nSPS) is 13.2. The summed E-state index contributed by atoms with van der Waals surface area (Å²) < 4.78 is 26.0. The Kier molecular flexibility index (Phi) is 4.83.